The predicted molar refractivity (Wildman–Crippen MR) is 125 cm³/mol. The molecule has 0 saturated carbocycles. The van der Waals surface area contributed by atoms with Crippen LogP contribution in [0.25, 0.3) is 0 Å². The van der Waals surface area contributed by atoms with Crippen molar-refractivity contribution in [3.8, 4) is 5.75 Å². The van der Waals surface area contributed by atoms with Crippen molar-refractivity contribution in [3.05, 3.63) is 47.7 Å². The molecular formula is C24H31N5O3. The first kappa shape index (κ1) is 22.1. The van der Waals surface area contributed by atoms with Crippen LogP contribution in [0.3, 0.4) is 0 Å². The molecule has 0 radical (unpaired) electrons. The Kier molecular flexibility index (Phi) is 6.90. The van der Waals surface area contributed by atoms with Gasteiger partial charge < -0.3 is 25.2 Å². The summed E-state index contributed by atoms with van der Waals surface area (Å²) in [6.07, 6.45) is 4.82. The molecule has 0 spiro atoms. The number of nitrogens with zero attached hydrogens (tertiary/aromatic N) is 3. The van der Waals surface area contributed by atoms with Gasteiger partial charge in [0.05, 0.1) is 18.4 Å². The summed E-state index contributed by atoms with van der Waals surface area (Å²) in [5.41, 5.74) is 1.57. The summed E-state index contributed by atoms with van der Waals surface area (Å²) in [5, 5.41) is 6.33. The fourth-order valence-electron chi connectivity index (χ4n) is 4.30. The number of nitrogens with one attached hydrogen (secondary N) is 2. The first-order valence-corrected chi connectivity index (χ1v) is 11.3. The van der Waals surface area contributed by atoms with Crippen LogP contribution < -0.4 is 20.3 Å². The third kappa shape index (κ3) is 4.85. The normalized spacial score (nSPS) is 18.9. The second kappa shape index (κ2) is 9.99. The van der Waals surface area contributed by atoms with E-state index in [0.29, 0.717) is 28.4 Å². The van der Waals surface area contributed by atoms with E-state index in [1.807, 2.05) is 4.90 Å². The Morgan fingerprint density at radius 3 is 2.53 bits per heavy atom. The Morgan fingerprint density at radius 2 is 1.84 bits per heavy atom. The van der Waals surface area contributed by atoms with E-state index < -0.39 is 0 Å². The first-order valence-electron chi connectivity index (χ1n) is 11.3. The number of pyridine rings is 1. The van der Waals surface area contributed by atoms with Crippen LogP contribution >= 0.6 is 0 Å². The summed E-state index contributed by atoms with van der Waals surface area (Å²) >= 11 is 0. The zero-order valence-corrected chi connectivity index (χ0v) is 18.8. The van der Waals surface area contributed by atoms with Crippen molar-refractivity contribution in [2.75, 3.05) is 50.1 Å². The van der Waals surface area contributed by atoms with Gasteiger partial charge in [-0.05, 0) is 56.5 Å². The molecule has 1 unspecified atom stereocenters. The molecule has 170 valence electrons. The highest BCUT2D eigenvalue weighted by Gasteiger charge is 2.26. The molecule has 2 aliphatic rings. The summed E-state index contributed by atoms with van der Waals surface area (Å²) in [6.45, 7) is 6.11. The fourth-order valence-corrected chi connectivity index (χ4v) is 4.30. The average Bonchev–Trinajstić information content (AvgIpc) is 2.84. The topological polar surface area (TPSA) is 86.8 Å². The molecule has 0 aliphatic carbocycles. The van der Waals surface area contributed by atoms with E-state index in [2.05, 4.69) is 27.4 Å². The van der Waals surface area contributed by atoms with Crippen LogP contribution in [0.4, 0.5) is 11.5 Å². The van der Waals surface area contributed by atoms with E-state index in [4.69, 9.17) is 4.74 Å². The lowest BCUT2D eigenvalue weighted by atomic mass is 10.0. The Labute approximate surface area is 188 Å². The van der Waals surface area contributed by atoms with Crippen LogP contribution in [0.15, 0.2) is 36.5 Å². The van der Waals surface area contributed by atoms with E-state index in [1.165, 1.54) is 0 Å². The van der Waals surface area contributed by atoms with E-state index in [-0.39, 0.29) is 17.9 Å². The molecule has 3 heterocycles. The van der Waals surface area contributed by atoms with E-state index >= 15 is 0 Å². The van der Waals surface area contributed by atoms with Crippen molar-refractivity contribution in [1.82, 2.24) is 15.2 Å². The van der Waals surface area contributed by atoms with E-state index in [9.17, 15) is 9.59 Å². The van der Waals surface area contributed by atoms with Gasteiger partial charge in [0.1, 0.15) is 5.75 Å². The van der Waals surface area contributed by atoms with Crippen molar-refractivity contribution >= 4 is 23.3 Å². The number of piperidine rings is 1. The number of piperazine rings is 1. The lowest BCUT2D eigenvalue weighted by Gasteiger charge is -2.34. The van der Waals surface area contributed by atoms with Gasteiger partial charge in [0, 0.05) is 50.5 Å². The molecule has 4 rings (SSSR count). The number of likely N-dealkylation sites (tertiary alicyclic amines) is 1. The van der Waals surface area contributed by atoms with Crippen molar-refractivity contribution in [2.45, 2.75) is 32.2 Å². The standard InChI is InChI=1S/C24H31N5O3/c1-17-5-3-4-12-29(17)24(31)19-15-21(22(26-16-19)28-13-10-25-11-14-28)27-23(30)18-6-8-20(32-2)9-7-18/h6-9,15-17,25H,3-5,10-14H2,1-2H3,(H,27,30). The smallest absolute Gasteiger partial charge is 0.255 e. The minimum Gasteiger partial charge on any atom is -0.497 e. The molecule has 2 saturated heterocycles. The van der Waals surface area contributed by atoms with Crippen LogP contribution in [0.1, 0.15) is 46.9 Å². The molecule has 2 aliphatic heterocycles. The number of rotatable bonds is 5. The van der Waals surface area contributed by atoms with Crippen LogP contribution in [0.5, 0.6) is 5.75 Å². The number of benzene rings is 1. The molecule has 1 atom stereocenters. The molecule has 1 aromatic carbocycles. The SMILES string of the molecule is COc1ccc(C(=O)Nc2cc(C(=O)N3CCCCC3C)cnc2N2CCNCC2)cc1. The van der Waals surface area contributed by atoms with Crippen LogP contribution in [0, 0.1) is 0 Å². The molecule has 32 heavy (non-hydrogen) atoms. The van der Waals surface area contributed by atoms with Gasteiger partial charge in [0.2, 0.25) is 0 Å². The number of methoxy groups -OCH3 is 1. The maximum absolute atomic E-state index is 13.2. The number of amides is 2. The minimum atomic E-state index is -0.248. The average molecular weight is 438 g/mol. The number of aromatic nitrogens is 1. The van der Waals surface area contributed by atoms with Gasteiger partial charge in [0.15, 0.2) is 5.82 Å². The van der Waals surface area contributed by atoms with Gasteiger partial charge in [-0.25, -0.2) is 4.98 Å². The molecule has 2 fully saturated rings. The largest absolute Gasteiger partial charge is 0.497 e. The van der Waals surface area contributed by atoms with Crippen LogP contribution in [-0.4, -0.2) is 67.6 Å². The van der Waals surface area contributed by atoms with Crippen molar-refractivity contribution in [1.29, 1.82) is 0 Å². The highest BCUT2D eigenvalue weighted by Crippen LogP contribution is 2.28. The minimum absolute atomic E-state index is 0.0310. The molecule has 2 N–H and O–H groups in total. The van der Waals surface area contributed by atoms with Gasteiger partial charge in [0.25, 0.3) is 11.8 Å². The second-order valence-corrected chi connectivity index (χ2v) is 8.36. The molecule has 8 nitrogen and oxygen atoms in total. The fraction of sp³-hybridized carbons (Fsp3) is 0.458. The summed E-state index contributed by atoms with van der Waals surface area (Å²) < 4.78 is 5.18. The van der Waals surface area contributed by atoms with Gasteiger partial charge >= 0.3 is 0 Å². The maximum Gasteiger partial charge on any atom is 0.255 e. The number of carbonyl (C=O) groups is 2. The summed E-state index contributed by atoms with van der Waals surface area (Å²) in [6, 6.07) is 8.92. The third-order valence-corrected chi connectivity index (χ3v) is 6.19. The number of hydrogen-bond donors (Lipinski definition) is 2. The van der Waals surface area contributed by atoms with Crippen molar-refractivity contribution < 1.29 is 14.3 Å². The highest BCUT2D eigenvalue weighted by atomic mass is 16.5. The Balaban J connectivity index is 1.62. The molecule has 2 aromatic rings. The first-order chi connectivity index (χ1) is 15.6. The molecule has 8 heteroatoms. The number of anilines is 2. The second-order valence-electron chi connectivity index (χ2n) is 8.36. The zero-order valence-electron chi connectivity index (χ0n) is 18.8. The van der Waals surface area contributed by atoms with Gasteiger partial charge in [-0.2, -0.15) is 0 Å². The maximum atomic E-state index is 13.2. The van der Waals surface area contributed by atoms with Crippen LogP contribution in [-0.2, 0) is 0 Å². The quantitative estimate of drug-likeness (QED) is 0.748. The summed E-state index contributed by atoms with van der Waals surface area (Å²) in [7, 11) is 1.59. The number of hydrogen-bond acceptors (Lipinski definition) is 6. The zero-order chi connectivity index (χ0) is 22.5. The van der Waals surface area contributed by atoms with Crippen molar-refractivity contribution in [3.63, 3.8) is 0 Å². The molecule has 1 aromatic heterocycles. The van der Waals surface area contributed by atoms with Gasteiger partial charge in [-0.3, -0.25) is 9.59 Å². The Bertz CT molecular complexity index is 957. The number of ether oxygens (including phenoxy) is 1. The lowest BCUT2D eigenvalue weighted by Crippen LogP contribution is -2.44. The molecule has 0 bridgehead atoms. The van der Waals surface area contributed by atoms with E-state index in [1.54, 1.807) is 43.6 Å². The lowest BCUT2D eigenvalue weighted by molar-refractivity contribution is 0.0635. The molecule has 2 amide bonds. The summed E-state index contributed by atoms with van der Waals surface area (Å²) in [4.78, 5) is 34.9. The Hall–Kier alpha value is -3.13. The van der Waals surface area contributed by atoms with Gasteiger partial charge in [-0.15, -0.1) is 0 Å². The third-order valence-electron chi connectivity index (χ3n) is 6.19. The molecular weight excluding hydrogens is 406 g/mol. The number of carbonyl (C=O) groups excluding carboxylic acids is 2. The van der Waals surface area contributed by atoms with Crippen LogP contribution in [0.2, 0.25) is 0 Å². The van der Waals surface area contributed by atoms with Gasteiger partial charge in [-0.1, -0.05) is 0 Å². The van der Waals surface area contributed by atoms with Crippen molar-refractivity contribution in [2.24, 2.45) is 0 Å². The monoisotopic (exact) mass is 437 g/mol. The predicted octanol–water partition coefficient (Wildman–Crippen LogP) is 2.77. The Morgan fingerprint density at radius 1 is 1.09 bits per heavy atom. The van der Waals surface area contributed by atoms with E-state index in [0.717, 1.165) is 52.0 Å². The summed E-state index contributed by atoms with van der Waals surface area (Å²) in [5.74, 6) is 1.10. The highest BCUT2D eigenvalue weighted by molar-refractivity contribution is 6.06.